The molecule has 1 aliphatic rings. The van der Waals surface area contributed by atoms with Gasteiger partial charge in [0.05, 0.1) is 11.6 Å². The third-order valence-electron chi connectivity index (χ3n) is 3.39. The maximum atomic E-state index is 8.94. The summed E-state index contributed by atoms with van der Waals surface area (Å²) in [6, 6.07) is 9.93. The largest absolute Gasteiger partial charge is 0.337 e. The minimum absolute atomic E-state index is 0.438. The fraction of sp³-hybridized carbons (Fsp3) is 0.357. The monoisotopic (exact) mass is 268 g/mol. The van der Waals surface area contributed by atoms with Crippen LogP contribution in [0.5, 0.6) is 0 Å². The molecule has 1 fully saturated rings. The van der Waals surface area contributed by atoms with E-state index in [0.29, 0.717) is 17.4 Å². The van der Waals surface area contributed by atoms with E-state index in [4.69, 9.17) is 5.26 Å². The summed E-state index contributed by atoms with van der Waals surface area (Å²) >= 11 is 0. The van der Waals surface area contributed by atoms with Gasteiger partial charge in [-0.15, -0.1) is 5.10 Å². The van der Waals surface area contributed by atoms with Gasteiger partial charge in [0, 0.05) is 31.2 Å². The van der Waals surface area contributed by atoms with E-state index in [2.05, 4.69) is 38.4 Å². The lowest BCUT2D eigenvalue weighted by Gasteiger charge is -2.30. The van der Waals surface area contributed by atoms with E-state index in [9.17, 15) is 0 Å². The molecule has 2 N–H and O–H groups in total. The highest BCUT2D eigenvalue weighted by atomic mass is 15.4. The number of anilines is 1. The first kappa shape index (κ1) is 12.6. The number of rotatable bonds is 2. The van der Waals surface area contributed by atoms with Gasteiger partial charge < -0.3 is 10.2 Å². The summed E-state index contributed by atoms with van der Waals surface area (Å²) in [6.07, 6.45) is 0. The molecule has 0 amide bonds. The fourth-order valence-electron chi connectivity index (χ4n) is 2.37. The first-order valence-corrected chi connectivity index (χ1v) is 6.67. The average molecular weight is 268 g/mol. The standard InChI is InChI=1S/C14H16N6/c1-10-9-20(6-5-16-10)14-17-13(18-19-14)12-4-2-3-11(7-12)8-15/h2-4,7,10,16H,5-6,9H2,1H3,(H,17,18,19)/t10-/m1/s1. The predicted molar refractivity (Wildman–Crippen MR) is 76.2 cm³/mol. The predicted octanol–water partition coefficient (Wildman–Crippen LogP) is 1.14. The van der Waals surface area contributed by atoms with Crippen LogP contribution in [0.15, 0.2) is 24.3 Å². The zero-order valence-electron chi connectivity index (χ0n) is 11.3. The van der Waals surface area contributed by atoms with Crippen molar-refractivity contribution in [2.75, 3.05) is 24.5 Å². The lowest BCUT2D eigenvalue weighted by atomic mass is 10.1. The van der Waals surface area contributed by atoms with Crippen LogP contribution in [0.4, 0.5) is 5.95 Å². The van der Waals surface area contributed by atoms with E-state index in [1.165, 1.54) is 0 Å². The third-order valence-corrected chi connectivity index (χ3v) is 3.39. The molecule has 0 aliphatic carbocycles. The van der Waals surface area contributed by atoms with Gasteiger partial charge in [0.15, 0.2) is 5.82 Å². The molecular formula is C14H16N6. The molecule has 6 nitrogen and oxygen atoms in total. The van der Waals surface area contributed by atoms with Gasteiger partial charge in [-0.1, -0.05) is 12.1 Å². The van der Waals surface area contributed by atoms with Crippen molar-refractivity contribution in [3.8, 4) is 17.5 Å². The molecule has 102 valence electrons. The van der Waals surface area contributed by atoms with Gasteiger partial charge in [0.25, 0.3) is 0 Å². The van der Waals surface area contributed by atoms with Crippen LogP contribution >= 0.6 is 0 Å². The van der Waals surface area contributed by atoms with Crippen LogP contribution in [0.3, 0.4) is 0 Å². The number of benzene rings is 1. The molecule has 0 bridgehead atoms. The highest BCUT2D eigenvalue weighted by Gasteiger charge is 2.19. The summed E-state index contributed by atoms with van der Waals surface area (Å²) in [5.41, 5.74) is 1.50. The van der Waals surface area contributed by atoms with Gasteiger partial charge in [0.1, 0.15) is 0 Å². The molecule has 0 unspecified atom stereocenters. The Labute approximate surface area is 117 Å². The van der Waals surface area contributed by atoms with E-state index < -0.39 is 0 Å². The maximum Gasteiger partial charge on any atom is 0.245 e. The number of aromatic nitrogens is 3. The van der Waals surface area contributed by atoms with Crippen molar-refractivity contribution in [1.29, 1.82) is 5.26 Å². The minimum Gasteiger partial charge on any atom is -0.337 e. The molecule has 1 atom stereocenters. The van der Waals surface area contributed by atoms with E-state index in [1.54, 1.807) is 6.07 Å². The molecule has 0 spiro atoms. The number of H-pyrrole nitrogens is 1. The molecule has 0 radical (unpaired) electrons. The summed E-state index contributed by atoms with van der Waals surface area (Å²) in [5.74, 6) is 1.42. The Bertz CT molecular complexity index is 641. The van der Waals surface area contributed by atoms with E-state index in [0.717, 1.165) is 31.1 Å². The first-order valence-electron chi connectivity index (χ1n) is 6.67. The molecule has 1 aromatic heterocycles. The summed E-state index contributed by atoms with van der Waals surface area (Å²) in [4.78, 5) is 6.70. The average Bonchev–Trinajstić information content (AvgIpc) is 2.97. The second-order valence-corrected chi connectivity index (χ2v) is 4.98. The Kier molecular flexibility index (Phi) is 3.35. The SMILES string of the molecule is C[C@@H]1CN(c2n[nH]c(-c3cccc(C#N)c3)n2)CCN1. The zero-order chi connectivity index (χ0) is 13.9. The van der Waals surface area contributed by atoms with Gasteiger partial charge in [-0.3, -0.25) is 5.10 Å². The second kappa shape index (κ2) is 5.31. The van der Waals surface area contributed by atoms with Gasteiger partial charge in [-0.25, -0.2) is 0 Å². The van der Waals surface area contributed by atoms with E-state index in [1.807, 2.05) is 18.2 Å². The fourth-order valence-corrected chi connectivity index (χ4v) is 2.37. The van der Waals surface area contributed by atoms with Crippen LogP contribution in [-0.2, 0) is 0 Å². The topological polar surface area (TPSA) is 80.6 Å². The normalized spacial score (nSPS) is 18.8. The van der Waals surface area contributed by atoms with Gasteiger partial charge in [-0.2, -0.15) is 10.2 Å². The molecule has 1 saturated heterocycles. The van der Waals surface area contributed by atoms with Gasteiger partial charge >= 0.3 is 0 Å². The van der Waals surface area contributed by atoms with Crippen molar-refractivity contribution in [2.24, 2.45) is 0 Å². The molecule has 2 heterocycles. The van der Waals surface area contributed by atoms with Crippen LogP contribution in [0.25, 0.3) is 11.4 Å². The summed E-state index contributed by atoms with van der Waals surface area (Å²) in [5, 5.41) is 19.6. The number of nitriles is 1. The smallest absolute Gasteiger partial charge is 0.245 e. The summed E-state index contributed by atoms with van der Waals surface area (Å²) < 4.78 is 0. The van der Waals surface area contributed by atoms with Crippen molar-refractivity contribution < 1.29 is 0 Å². The molecule has 1 aliphatic heterocycles. The zero-order valence-corrected chi connectivity index (χ0v) is 11.3. The lowest BCUT2D eigenvalue weighted by Crippen LogP contribution is -2.49. The van der Waals surface area contributed by atoms with Crippen molar-refractivity contribution in [2.45, 2.75) is 13.0 Å². The van der Waals surface area contributed by atoms with Crippen LogP contribution in [0.1, 0.15) is 12.5 Å². The molecule has 6 heteroatoms. The molecule has 20 heavy (non-hydrogen) atoms. The number of aromatic amines is 1. The maximum absolute atomic E-state index is 8.94. The van der Waals surface area contributed by atoms with Crippen LogP contribution in [-0.4, -0.2) is 40.9 Å². The summed E-state index contributed by atoms with van der Waals surface area (Å²) in [6.45, 7) is 4.89. The number of hydrogen-bond acceptors (Lipinski definition) is 5. The van der Waals surface area contributed by atoms with Crippen molar-refractivity contribution >= 4 is 5.95 Å². The molecule has 0 saturated carbocycles. The van der Waals surface area contributed by atoms with Gasteiger partial charge in [-0.05, 0) is 19.1 Å². The molecular weight excluding hydrogens is 252 g/mol. The van der Waals surface area contributed by atoms with Crippen LogP contribution in [0.2, 0.25) is 0 Å². The number of hydrogen-bond donors (Lipinski definition) is 2. The number of nitrogens with zero attached hydrogens (tertiary/aromatic N) is 4. The Balaban J connectivity index is 1.84. The first-order chi connectivity index (χ1) is 9.76. The van der Waals surface area contributed by atoms with Crippen molar-refractivity contribution in [1.82, 2.24) is 20.5 Å². The minimum atomic E-state index is 0.438. The summed E-state index contributed by atoms with van der Waals surface area (Å²) in [7, 11) is 0. The number of piperazine rings is 1. The van der Waals surface area contributed by atoms with Gasteiger partial charge in [0.2, 0.25) is 5.95 Å². The third kappa shape index (κ3) is 2.49. The van der Waals surface area contributed by atoms with E-state index in [-0.39, 0.29) is 0 Å². The molecule has 1 aromatic carbocycles. The highest BCUT2D eigenvalue weighted by molar-refractivity contribution is 5.59. The second-order valence-electron chi connectivity index (χ2n) is 4.98. The van der Waals surface area contributed by atoms with Crippen molar-refractivity contribution in [3.05, 3.63) is 29.8 Å². The Hall–Kier alpha value is -2.39. The highest BCUT2D eigenvalue weighted by Crippen LogP contribution is 2.19. The van der Waals surface area contributed by atoms with Crippen molar-refractivity contribution in [3.63, 3.8) is 0 Å². The Morgan fingerprint density at radius 2 is 2.35 bits per heavy atom. The lowest BCUT2D eigenvalue weighted by molar-refractivity contribution is 0.480. The molecule has 3 rings (SSSR count). The molecule has 2 aromatic rings. The van der Waals surface area contributed by atoms with Crippen LogP contribution in [0, 0.1) is 11.3 Å². The quantitative estimate of drug-likeness (QED) is 0.853. The van der Waals surface area contributed by atoms with Crippen LogP contribution < -0.4 is 10.2 Å². The Morgan fingerprint density at radius 3 is 3.15 bits per heavy atom. The Morgan fingerprint density at radius 1 is 1.45 bits per heavy atom. The number of nitrogens with one attached hydrogen (secondary N) is 2. The van der Waals surface area contributed by atoms with E-state index >= 15 is 0 Å².